The van der Waals surface area contributed by atoms with E-state index in [4.69, 9.17) is 9.26 Å². The Bertz CT molecular complexity index is 763. The van der Waals surface area contributed by atoms with Crippen LogP contribution in [0.4, 0.5) is 9.18 Å². The van der Waals surface area contributed by atoms with Crippen molar-refractivity contribution in [1.82, 2.24) is 20.4 Å². The van der Waals surface area contributed by atoms with Crippen molar-refractivity contribution in [2.24, 2.45) is 0 Å². The van der Waals surface area contributed by atoms with Gasteiger partial charge >= 0.3 is 6.09 Å². The molecule has 2 heterocycles. The zero-order valence-corrected chi connectivity index (χ0v) is 14.5. The number of carbonyl (C=O) groups is 1. The van der Waals surface area contributed by atoms with Crippen LogP contribution >= 0.6 is 0 Å². The maximum absolute atomic E-state index is 13.3. The molecule has 0 spiro atoms. The van der Waals surface area contributed by atoms with E-state index in [1.807, 2.05) is 0 Å². The third-order valence-corrected chi connectivity index (χ3v) is 4.00. The van der Waals surface area contributed by atoms with Crippen molar-refractivity contribution < 1.29 is 18.4 Å². The second-order valence-electron chi connectivity index (χ2n) is 7.23. The van der Waals surface area contributed by atoms with Gasteiger partial charge in [0.2, 0.25) is 0 Å². The monoisotopic (exact) mass is 348 g/mol. The Kier molecular flexibility index (Phi) is 4.45. The average molecular weight is 348 g/mol. The van der Waals surface area contributed by atoms with Gasteiger partial charge in [-0.05, 0) is 39.7 Å². The molecule has 0 saturated heterocycles. The first-order valence-corrected chi connectivity index (χ1v) is 8.24. The maximum atomic E-state index is 13.3. The zero-order valence-electron chi connectivity index (χ0n) is 14.5. The van der Waals surface area contributed by atoms with E-state index < -0.39 is 23.1 Å². The third kappa shape index (κ3) is 3.94. The zero-order chi connectivity index (χ0) is 18.1. The van der Waals surface area contributed by atoms with Crippen LogP contribution in [0.5, 0.6) is 0 Å². The van der Waals surface area contributed by atoms with Gasteiger partial charge in [-0.15, -0.1) is 0 Å². The van der Waals surface area contributed by atoms with Crippen molar-refractivity contribution >= 4 is 6.09 Å². The summed E-state index contributed by atoms with van der Waals surface area (Å²) in [6.07, 6.45) is 5.27. The fraction of sp³-hybridized carbons (Fsp3) is 0.529. The Morgan fingerprint density at radius 2 is 2.04 bits per heavy atom. The van der Waals surface area contributed by atoms with Gasteiger partial charge in [-0.2, -0.15) is 4.98 Å². The van der Waals surface area contributed by atoms with Gasteiger partial charge in [0, 0.05) is 6.20 Å². The first-order chi connectivity index (χ1) is 11.8. The highest BCUT2D eigenvalue weighted by Crippen LogP contribution is 2.38. The van der Waals surface area contributed by atoms with Crippen LogP contribution in [0, 0.1) is 5.82 Å². The quantitative estimate of drug-likeness (QED) is 0.912. The number of amides is 1. The molecule has 8 heteroatoms. The van der Waals surface area contributed by atoms with Gasteiger partial charge < -0.3 is 14.6 Å². The molecule has 134 valence electrons. The summed E-state index contributed by atoms with van der Waals surface area (Å²) >= 11 is 0. The highest BCUT2D eigenvalue weighted by molar-refractivity contribution is 5.69. The lowest BCUT2D eigenvalue weighted by Gasteiger charge is -2.28. The number of alkyl carbamates (subject to hydrolysis) is 1. The summed E-state index contributed by atoms with van der Waals surface area (Å²) in [4.78, 5) is 20.4. The van der Waals surface area contributed by atoms with Crippen LogP contribution in [-0.4, -0.2) is 26.8 Å². The van der Waals surface area contributed by atoms with Crippen LogP contribution < -0.4 is 5.32 Å². The molecule has 7 nitrogen and oxygen atoms in total. The largest absolute Gasteiger partial charge is 0.444 e. The van der Waals surface area contributed by atoms with Crippen molar-refractivity contribution in [3.63, 3.8) is 0 Å². The minimum absolute atomic E-state index is 0.166. The number of hydrogen-bond acceptors (Lipinski definition) is 6. The molecule has 3 rings (SSSR count). The van der Waals surface area contributed by atoms with Crippen LogP contribution in [0.3, 0.4) is 0 Å². The van der Waals surface area contributed by atoms with Gasteiger partial charge in [0.15, 0.2) is 5.82 Å². The van der Waals surface area contributed by atoms with E-state index in [2.05, 4.69) is 20.4 Å². The SMILES string of the molecule is CC(C)(C)OC(=O)NC1(c2noc(-c3cncc(F)c3)n2)CCCC1. The van der Waals surface area contributed by atoms with E-state index in [0.29, 0.717) is 24.2 Å². The summed E-state index contributed by atoms with van der Waals surface area (Å²) in [5.74, 6) is 0.0501. The molecule has 0 atom stereocenters. The van der Waals surface area contributed by atoms with Crippen LogP contribution in [-0.2, 0) is 10.3 Å². The van der Waals surface area contributed by atoms with E-state index in [1.54, 1.807) is 20.8 Å². The Labute approximate surface area is 145 Å². The molecular formula is C17H21FN4O3. The van der Waals surface area contributed by atoms with Crippen molar-refractivity contribution in [3.8, 4) is 11.5 Å². The number of halogens is 1. The predicted molar refractivity (Wildman–Crippen MR) is 87.0 cm³/mol. The van der Waals surface area contributed by atoms with E-state index >= 15 is 0 Å². The maximum Gasteiger partial charge on any atom is 0.408 e. The number of rotatable bonds is 3. The molecule has 1 aliphatic carbocycles. The number of hydrogen-bond donors (Lipinski definition) is 1. The molecule has 2 aromatic heterocycles. The summed E-state index contributed by atoms with van der Waals surface area (Å²) < 4.78 is 24.0. The average Bonchev–Trinajstić information content (AvgIpc) is 3.14. The molecule has 1 saturated carbocycles. The summed E-state index contributed by atoms with van der Waals surface area (Å²) in [6.45, 7) is 5.41. The number of nitrogens with one attached hydrogen (secondary N) is 1. The number of ether oxygens (including phenoxy) is 1. The fourth-order valence-electron chi connectivity index (χ4n) is 2.95. The van der Waals surface area contributed by atoms with Crippen LogP contribution in [0.25, 0.3) is 11.5 Å². The lowest BCUT2D eigenvalue weighted by Crippen LogP contribution is -2.46. The molecule has 1 fully saturated rings. The third-order valence-electron chi connectivity index (χ3n) is 4.00. The highest BCUT2D eigenvalue weighted by Gasteiger charge is 2.42. The molecule has 0 bridgehead atoms. The summed E-state index contributed by atoms with van der Waals surface area (Å²) in [7, 11) is 0. The van der Waals surface area contributed by atoms with Gasteiger partial charge in [-0.3, -0.25) is 4.98 Å². The number of pyridine rings is 1. The standard InChI is InChI=1S/C17H21FN4O3/c1-16(2,3)24-15(23)21-17(6-4-5-7-17)14-20-13(25-22-14)11-8-12(18)10-19-9-11/h8-10H,4-7H2,1-3H3,(H,21,23). The Balaban J connectivity index is 1.85. The smallest absolute Gasteiger partial charge is 0.408 e. The van der Waals surface area contributed by atoms with Gasteiger partial charge in [0.25, 0.3) is 5.89 Å². The fourth-order valence-corrected chi connectivity index (χ4v) is 2.95. The molecule has 1 amide bonds. The highest BCUT2D eigenvalue weighted by atomic mass is 19.1. The first-order valence-electron chi connectivity index (χ1n) is 8.24. The molecule has 0 aliphatic heterocycles. The number of carbonyl (C=O) groups excluding carboxylic acids is 1. The minimum atomic E-state index is -0.731. The van der Waals surface area contributed by atoms with Crippen molar-refractivity contribution in [3.05, 3.63) is 30.1 Å². The topological polar surface area (TPSA) is 90.1 Å². The Morgan fingerprint density at radius 3 is 2.68 bits per heavy atom. The van der Waals surface area contributed by atoms with Gasteiger partial charge in [-0.25, -0.2) is 9.18 Å². The second-order valence-corrected chi connectivity index (χ2v) is 7.23. The molecule has 1 N–H and O–H groups in total. The van der Waals surface area contributed by atoms with Gasteiger partial charge in [0.05, 0.1) is 11.8 Å². The van der Waals surface area contributed by atoms with Gasteiger partial charge in [-0.1, -0.05) is 18.0 Å². The van der Waals surface area contributed by atoms with Crippen LogP contribution in [0.1, 0.15) is 52.3 Å². The van der Waals surface area contributed by atoms with E-state index in [-0.39, 0.29) is 5.89 Å². The Morgan fingerprint density at radius 1 is 1.32 bits per heavy atom. The number of nitrogens with zero attached hydrogens (tertiary/aromatic N) is 3. The normalized spacial score (nSPS) is 16.6. The van der Waals surface area contributed by atoms with Gasteiger partial charge in [0.1, 0.15) is 17.0 Å². The molecule has 0 radical (unpaired) electrons. The van der Waals surface area contributed by atoms with Crippen molar-refractivity contribution in [2.45, 2.75) is 57.6 Å². The molecule has 0 unspecified atom stereocenters. The van der Waals surface area contributed by atoms with E-state index in [0.717, 1.165) is 19.0 Å². The van der Waals surface area contributed by atoms with E-state index in [1.165, 1.54) is 12.3 Å². The minimum Gasteiger partial charge on any atom is -0.444 e. The predicted octanol–water partition coefficient (Wildman–Crippen LogP) is 3.56. The van der Waals surface area contributed by atoms with Crippen LogP contribution in [0.2, 0.25) is 0 Å². The summed E-state index contributed by atoms with van der Waals surface area (Å²) in [5, 5.41) is 6.92. The summed E-state index contributed by atoms with van der Waals surface area (Å²) in [6, 6.07) is 1.27. The number of aromatic nitrogens is 3. The molecule has 2 aromatic rings. The molecule has 25 heavy (non-hydrogen) atoms. The van der Waals surface area contributed by atoms with Crippen LogP contribution in [0.15, 0.2) is 23.0 Å². The van der Waals surface area contributed by atoms with Crippen molar-refractivity contribution in [2.75, 3.05) is 0 Å². The molecular weight excluding hydrogens is 327 g/mol. The first kappa shape index (κ1) is 17.3. The summed E-state index contributed by atoms with van der Waals surface area (Å²) in [5.41, 5.74) is -0.936. The molecule has 1 aliphatic rings. The lowest BCUT2D eigenvalue weighted by atomic mass is 9.97. The second kappa shape index (κ2) is 6.42. The van der Waals surface area contributed by atoms with E-state index in [9.17, 15) is 9.18 Å². The lowest BCUT2D eigenvalue weighted by molar-refractivity contribution is 0.0446. The Hall–Kier alpha value is -2.51. The molecule has 0 aromatic carbocycles. The van der Waals surface area contributed by atoms with Crippen molar-refractivity contribution in [1.29, 1.82) is 0 Å².